The summed E-state index contributed by atoms with van der Waals surface area (Å²) < 4.78 is 31.7. The summed E-state index contributed by atoms with van der Waals surface area (Å²) in [4.78, 5) is 0. The molecule has 2 rings (SSSR count). The van der Waals surface area contributed by atoms with E-state index < -0.39 is 11.6 Å². The summed E-state index contributed by atoms with van der Waals surface area (Å²) in [5.74, 6) is -0.631. The largest absolute Gasteiger partial charge is 0.493 e. The van der Waals surface area contributed by atoms with Gasteiger partial charge in [0.2, 0.25) is 0 Å². The molecule has 1 aliphatic rings. The molecule has 0 aliphatic carbocycles. The summed E-state index contributed by atoms with van der Waals surface area (Å²) >= 11 is 0. The topological polar surface area (TPSA) is 9.23 Å². The molecule has 129 valence electrons. The number of hydrogen-bond acceptors (Lipinski definition) is 1. The lowest BCUT2D eigenvalue weighted by Crippen LogP contribution is -2.24. The number of ether oxygens (including phenoxy) is 1. The molecule has 1 radical (unpaired) electrons. The van der Waals surface area contributed by atoms with Gasteiger partial charge in [0.15, 0.2) is 11.6 Å². The fraction of sp³-hybridized carbons (Fsp3) is 0.684. The van der Waals surface area contributed by atoms with Gasteiger partial charge in [-0.2, -0.15) is 0 Å². The number of unbranched alkanes of at least 4 members (excludes halogenated alkanes) is 4. The highest BCUT2D eigenvalue weighted by Gasteiger charge is 2.22. The molecular formula is C19H29F2OSi. The second kappa shape index (κ2) is 10.1. The average Bonchev–Trinajstić information content (AvgIpc) is 2.57. The molecule has 4 heteroatoms. The molecule has 1 saturated heterocycles. The van der Waals surface area contributed by atoms with Gasteiger partial charge >= 0.3 is 0 Å². The highest BCUT2D eigenvalue weighted by atomic mass is 28.3. The van der Waals surface area contributed by atoms with Crippen LogP contribution in [0.4, 0.5) is 8.78 Å². The lowest BCUT2D eigenvalue weighted by atomic mass is 10.0. The molecule has 0 amide bonds. The van der Waals surface area contributed by atoms with Crippen molar-refractivity contribution in [2.45, 2.75) is 70.0 Å². The molecule has 0 aromatic heterocycles. The maximum absolute atomic E-state index is 13.1. The Hall–Kier alpha value is -0.903. The van der Waals surface area contributed by atoms with Crippen molar-refractivity contribution in [3.8, 4) is 5.75 Å². The molecular weight excluding hydrogens is 310 g/mol. The number of benzene rings is 1. The predicted octanol–water partition coefficient (Wildman–Crippen LogP) is 6.22. The molecule has 1 heterocycles. The van der Waals surface area contributed by atoms with E-state index >= 15 is 0 Å². The predicted molar refractivity (Wildman–Crippen MR) is 93.5 cm³/mol. The van der Waals surface area contributed by atoms with E-state index in [-0.39, 0.29) is 8.80 Å². The third-order valence-electron chi connectivity index (χ3n) is 4.82. The Bertz CT molecular complexity index is 459. The average molecular weight is 340 g/mol. The van der Waals surface area contributed by atoms with E-state index in [4.69, 9.17) is 4.74 Å². The molecule has 23 heavy (non-hydrogen) atoms. The zero-order valence-electron chi connectivity index (χ0n) is 14.3. The van der Waals surface area contributed by atoms with Gasteiger partial charge in [-0.15, -0.1) is 0 Å². The van der Waals surface area contributed by atoms with Gasteiger partial charge in [-0.25, -0.2) is 8.78 Å². The first-order chi connectivity index (χ1) is 11.2. The Morgan fingerprint density at radius 2 is 1.78 bits per heavy atom. The molecule has 1 aromatic rings. The molecule has 0 bridgehead atoms. The molecule has 1 aliphatic heterocycles. The van der Waals surface area contributed by atoms with Crippen molar-refractivity contribution in [1.29, 1.82) is 0 Å². The fourth-order valence-corrected chi connectivity index (χ4v) is 6.39. The maximum Gasteiger partial charge on any atom is 0.162 e. The number of halogens is 2. The van der Waals surface area contributed by atoms with Crippen LogP contribution in [0.15, 0.2) is 18.2 Å². The Morgan fingerprint density at radius 1 is 1.04 bits per heavy atom. The van der Waals surface area contributed by atoms with Crippen molar-refractivity contribution in [1.82, 2.24) is 0 Å². The standard InChI is InChI=1S/C19H29F2OSi/c1-2-3-4-5-6-11-23-12-9-16(10-13-23)15-22-17-7-8-18(20)19(21)14-17/h7-8,14,16H,2-6,9-13,15H2,1H3. The Kier molecular flexibility index (Phi) is 8.07. The Morgan fingerprint density at radius 3 is 2.48 bits per heavy atom. The zero-order valence-corrected chi connectivity index (χ0v) is 15.3. The molecule has 0 atom stereocenters. The van der Waals surface area contributed by atoms with Crippen LogP contribution in [0.2, 0.25) is 18.1 Å². The molecule has 0 saturated carbocycles. The molecule has 1 aromatic carbocycles. The van der Waals surface area contributed by atoms with Crippen LogP contribution in [0.1, 0.15) is 51.9 Å². The van der Waals surface area contributed by atoms with Gasteiger partial charge in [-0.3, -0.25) is 0 Å². The summed E-state index contributed by atoms with van der Waals surface area (Å²) in [6, 6.07) is 8.04. The molecule has 0 spiro atoms. The number of rotatable bonds is 9. The van der Waals surface area contributed by atoms with Crippen LogP contribution in [0, 0.1) is 17.6 Å². The van der Waals surface area contributed by atoms with Crippen molar-refractivity contribution in [2.24, 2.45) is 5.92 Å². The molecule has 0 unspecified atom stereocenters. The smallest absolute Gasteiger partial charge is 0.162 e. The third-order valence-corrected chi connectivity index (χ3v) is 7.88. The summed E-state index contributed by atoms with van der Waals surface area (Å²) in [5.41, 5.74) is 0. The van der Waals surface area contributed by atoms with Crippen LogP contribution >= 0.6 is 0 Å². The number of hydrogen-bond donors (Lipinski definition) is 0. The minimum Gasteiger partial charge on any atom is -0.493 e. The van der Waals surface area contributed by atoms with Crippen LogP contribution in [0.25, 0.3) is 0 Å². The van der Waals surface area contributed by atoms with Crippen molar-refractivity contribution in [2.75, 3.05) is 6.61 Å². The molecule has 0 N–H and O–H groups in total. The van der Waals surface area contributed by atoms with Crippen LogP contribution in [0.3, 0.4) is 0 Å². The summed E-state index contributed by atoms with van der Waals surface area (Å²) in [6.45, 7) is 2.90. The minimum atomic E-state index is -0.834. The van der Waals surface area contributed by atoms with E-state index in [9.17, 15) is 8.78 Å². The van der Waals surface area contributed by atoms with E-state index in [2.05, 4.69) is 6.92 Å². The summed E-state index contributed by atoms with van der Waals surface area (Å²) in [6.07, 6.45) is 9.41. The minimum absolute atomic E-state index is 0.127. The quantitative estimate of drug-likeness (QED) is 0.383. The monoisotopic (exact) mass is 339 g/mol. The van der Waals surface area contributed by atoms with Gasteiger partial charge in [0.05, 0.1) is 6.61 Å². The third kappa shape index (κ3) is 6.62. The normalized spacial score (nSPS) is 16.7. The molecule has 1 fully saturated rings. The summed E-state index contributed by atoms with van der Waals surface area (Å²) in [5, 5.41) is 0. The first-order valence-electron chi connectivity index (χ1n) is 9.10. The van der Waals surface area contributed by atoms with E-state index in [0.29, 0.717) is 18.3 Å². The van der Waals surface area contributed by atoms with Crippen LogP contribution in [-0.4, -0.2) is 15.4 Å². The first-order valence-corrected chi connectivity index (χ1v) is 11.2. The Labute approximate surface area is 141 Å². The lowest BCUT2D eigenvalue weighted by molar-refractivity contribution is 0.235. The first kappa shape index (κ1) is 18.4. The van der Waals surface area contributed by atoms with Gasteiger partial charge in [-0.05, 0) is 30.9 Å². The summed E-state index contributed by atoms with van der Waals surface area (Å²) in [7, 11) is -0.127. The van der Waals surface area contributed by atoms with Crippen molar-refractivity contribution in [3.05, 3.63) is 29.8 Å². The Balaban J connectivity index is 1.60. The molecule has 1 nitrogen and oxygen atoms in total. The van der Waals surface area contributed by atoms with Crippen molar-refractivity contribution < 1.29 is 13.5 Å². The zero-order chi connectivity index (χ0) is 16.5. The second-order valence-electron chi connectivity index (χ2n) is 6.74. The van der Waals surface area contributed by atoms with Gasteiger partial charge in [-0.1, -0.05) is 57.2 Å². The highest BCUT2D eigenvalue weighted by molar-refractivity contribution is 6.58. The lowest BCUT2D eigenvalue weighted by Gasteiger charge is -2.27. The van der Waals surface area contributed by atoms with Gasteiger partial charge in [0.25, 0.3) is 0 Å². The maximum atomic E-state index is 13.1. The second-order valence-corrected chi connectivity index (χ2v) is 9.74. The fourth-order valence-electron chi connectivity index (χ4n) is 3.26. The van der Waals surface area contributed by atoms with Crippen molar-refractivity contribution >= 4 is 8.80 Å². The van der Waals surface area contributed by atoms with Gasteiger partial charge in [0, 0.05) is 14.9 Å². The SMILES string of the molecule is CCCCCCC[Si]1CCC(COc2ccc(F)c(F)c2)CC1. The highest BCUT2D eigenvalue weighted by Crippen LogP contribution is 2.29. The van der Waals surface area contributed by atoms with Crippen molar-refractivity contribution in [3.63, 3.8) is 0 Å². The van der Waals surface area contributed by atoms with E-state index in [1.807, 2.05) is 0 Å². The van der Waals surface area contributed by atoms with Gasteiger partial charge < -0.3 is 4.74 Å². The van der Waals surface area contributed by atoms with Gasteiger partial charge in [0.1, 0.15) is 5.75 Å². The van der Waals surface area contributed by atoms with E-state index in [1.165, 1.54) is 69.1 Å². The van der Waals surface area contributed by atoms with E-state index in [1.54, 1.807) is 0 Å². The van der Waals surface area contributed by atoms with E-state index in [0.717, 1.165) is 12.1 Å². The van der Waals surface area contributed by atoms with Crippen LogP contribution < -0.4 is 4.74 Å². The van der Waals surface area contributed by atoms with Crippen LogP contribution in [0.5, 0.6) is 5.75 Å². The van der Waals surface area contributed by atoms with Crippen LogP contribution in [-0.2, 0) is 0 Å².